The fourth-order valence-electron chi connectivity index (χ4n) is 2.44. The van der Waals surface area contributed by atoms with Crippen LogP contribution in [0.5, 0.6) is 0 Å². The highest BCUT2D eigenvalue weighted by Crippen LogP contribution is 2.36. The highest BCUT2D eigenvalue weighted by Gasteiger charge is 2.39. The van der Waals surface area contributed by atoms with Crippen LogP contribution in [0.25, 0.3) is 0 Å². The molecule has 1 heterocycles. The molecule has 0 saturated carbocycles. The Hall–Kier alpha value is -1.36. The highest BCUT2D eigenvalue weighted by molar-refractivity contribution is 9.10. The third kappa shape index (κ3) is 3.46. The van der Waals surface area contributed by atoms with E-state index in [4.69, 9.17) is 4.74 Å². The summed E-state index contributed by atoms with van der Waals surface area (Å²) >= 11 is 3.38. The Bertz CT molecular complexity index is 556. The van der Waals surface area contributed by atoms with E-state index in [0.29, 0.717) is 24.4 Å². The Morgan fingerprint density at radius 3 is 2.76 bits per heavy atom. The largest absolute Gasteiger partial charge is 0.437 e. The van der Waals surface area contributed by atoms with Gasteiger partial charge in [0.25, 0.3) is 5.91 Å². The van der Waals surface area contributed by atoms with Gasteiger partial charge in [0.05, 0.1) is 0 Å². The van der Waals surface area contributed by atoms with Crippen molar-refractivity contribution in [1.29, 1.82) is 0 Å². The van der Waals surface area contributed by atoms with Crippen LogP contribution in [0, 0.1) is 5.92 Å². The molecule has 1 aromatic carbocycles. The molecule has 2 rings (SSSR count). The third-order valence-electron chi connectivity index (χ3n) is 3.31. The minimum Gasteiger partial charge on any atom is -0.437 e. The minimum atomic E-state index is -0.595. The minimum absolute atomic E-state index is 0.0747. The van der Waals surface area contributed by atoms with Gasteiger partial charge in [-0.25, -0.2) is 0 Å². The molecule has 1 amide bonds. The SMILES string of the molecule is CCCC(=O)OC1c2ccc(Br)cc2C(=O)N1CC(C)C. The predicted molar refractivity (Wildman–Crippen MR) is 83.8 cm³/mol. The quantitative estimate of drug-likeness (QED) is 0.754. The zero-order chi connectivity index (χ0) is 15.6. The van der Waals surface area contributed by atoms with Crippen LogP contribution in [0.4, 0.5) is 0 Å². The molecule has 4 nitrogen and oxygen atoms in total. The third-order valence-corrected chi connectivity index (χ3v) is 3.81. The summed E-state index contributed by atoms with van der Waals surface area (Å²) in [6.45, 7) is 6.57. The van der Waals surface area contributed by atoms with Crippen LogP contribution < -0.4 is 0 Å². The van der Waals surface area contributed by atoms with Crippen LogP contribution in [0.1, 0.15) is 55.8 Å². The molecule has 1 aliphatic rings. The average molecular weight is 354 g/mol. The lowest BCUT2D eigenvalue weighted by Crippen LogP contribution is -2.34. The van der Waals surface area contributed by atoms with E-state index in [-0.39, 0.29) is 11.9 Å². The van der Waals surface area contributed by atoms with Crippen molar-refractivity contribution in [2.24, 2.45) is 5.92 Å². The Morgan fingerprint density at radius 2 is 2.14 bits per heavy atom. The second-order valence-electron chi connectivity index (χ2n) is 5.68. The van der Waals surface area contributed by atoms with Crippen molar-refractivity contribution in [3.63, 3.8) is 0 Å². The first-order chi connectivity index (χ1) is 9.93. The number of hydrogen-bond donors (Lipinski definition) is 0. The van der Waals surface area contributed by atoms with Gasteiger partial charge in [-0.05, 0) is 24.5 Å². The summed E-state index contributed by atoms with van der Waals surface area (Å²) < 4.78 is 6.40. The van der Waals surface area contributed by atoms with Gasteiger partial charge in [-0.3, -0.25) is 14.5 Å². The molecule has 0 spiro atoms. The van der Waals surface area contributed by atoms with Gasteiger partial charge >= 0.3 is 5.97 Å². The molecular weight excluding hydrogens is 334 g/mol. The zero-order valence-corrected chi connectivity index (χ0v) is 14.1. The predicted octanol–water partition coefficient (Wildman–Crippen LogP) is 3.90. The van der Waals surface area contributed by atoms with Crippen LogP contribution in [-0.4, -0.2) is 23.3 Å². The number of fused-ring (bicyclic) bond motifs is 1. The Balaban J connectivity index is 2.33. The average Bonchev–Trinajstić information content (AvgIpc) is 2.64. The number of nitrogens with zero attached hydrogens (tertiary/aromatic N) is 1. The Labute approximate surface area is 133 Å². The fourth-order valence-corrected chi connectivity index (χ4v) is 2.81. The molecule has 114 valence electrons. The van der Waals surface area contributed by atoms with E-state index >= 15 is 0 Å². The van der Waals surface area contributed by atoms with Crippen molar-refractivity contribution in [2.75, 3.05) is 6.54 Å². The van der Waals surface area contributed by atoms with Gasteiger partial charge in [0.15, 0.2) is 0 Å². The summed E-state index contributed by atoms with van der Waals surface area (Å²) in [5.41, 5.74) is 1.38. The van der Waals surface area contributed by atoms with Crippen LogP contribution in [0.2, 0.25) is 0 Å². The summed E-state index contributed by atoms with van der Waals surface area (Å²) in [6.07, 6.45) is 0.505. The first-order valence-corrected chi connectivity index (χ1v) is 8.03. The van der Waals surface area contributed by atoms with E-state index in [0.717, 1.165) is 16.5 Å². The molecular formula is C16H20BrNO3. The number of hydrogen-bond acceptors (Lipinski definition) is 3. The number of rotatable bonds is 5. The second kappa shape index (κ2) is 6.60. The first kappa shape index (κ1) is 16.0. The molecule has 1 atom stereocenters. The second-order valence-corrected chi connectivity index (χ2v) is 6.59. The van der Waals surface area contributed by atoms with Crippen molar-refractivity contribution < 1.29 is 14.3 Å². The molecule has 0 saturated heterocycles. The van der Waals surface area contributed by atoms with Gasteiger partial charge in [0.2, 0.25) is 6.23 Å². The molecule has 21 heavy (non-hydrogen) atoms. The van der Waals surface area contributed by atoms with Gasteiger partial charge < -0.3 is 4.74 Å². The number of amides is 1. The molecule has 1 aliphatic heterocycles. The summed E-state index contributed by atoms with van der Waals surface area (Å²) in [5, 5.41) is 0. The van der Waals surface area contributed by atoms with Crippen LogP contribution in [0.15, 0.2) is 22.7 Å². The van der Waals surface area contributed by atoms with Crippen molar-refractivity contribution in [2.45, 2.75) is 39.8 Å². The van der Waals surface area contributed by atoms with Crippen molar-refractivity contribution in [1.82, 2.24) is 4.90 Å². The molecule has 1 unspecified atom stereocenters. The van der Waals surface area contributed by atoms with E-state index in [1.165, 1.54) is 0 Å². The van der Waals surface area contributed by atoms with Gasteiger partial charge in [0, 0.05) is 28.6 Å². The summed E-state index contributed by atoms with van der Waals surface area (Å²) in [7, 11) is 0. The standard InChI is InChI=1S/C16H20BrNO3/c1-4-5-14(19)21-16-12-7-6-11(17)8-13(12)15(20)18(16)9-10(2)3/h6-8,10,16H,4-5,9H2,1-3H3. The number of benzene rings is 1. The smallest absolute Gasteiger partial charge is 0.307 e. The van der Waals surface area contributed by atoms with Crippen LogP contribution >= 0.6 is 15.9 Å². The number of carbonyl (C=O) groups excluding carboxylic acids is 2. The van der Waals surface area contributed by atoms with Gasteiger partial charge in [-0.2, -0.15) is 0 Å². The van der Waals surface area contributed by atoms with Crippen molar-refractivity contribution in [3.8, 4) is 0 Å². The van der Waals surface area contributed by atoms with Gasteiger partial charge in [0.1, 0.15) is 0 Å². The molecule has 0 N–H and O–H groups in total. The molecule has 0 fully saturated rings. The molecule has 0 aromatic heterocycles. The van der Waals surface area contributed by atoms with E-state index in [1.807, 2.05) is 32.9 Å². The maximum atomic E-state index is 12.5. The number of carbonyl (C=O) groups is 2. The fraction of sp³-hybridized carbons (Fsp3) is 0.500. The first-order valence-electron chi connectivity index (χ1n) is 7.24. The number of esters is 1. The molecule has 1 aromatic rings. The highest BCUT2D eigenvalue weighted by atomic mass is 79.9. The Morgan fingerprint density at radius 1 is 1.43 bits per heavy atom. The van der Waals surface area contributed by atoms with E-state index in [9.17, 15) is 9.59 Å². The monoisotopic (exact) mass is 353 g/mol. The molecule has 0 aliphatic carbocycles. The normalized spacial score (nSPS) is 17.3. The van der Waals surface area contributed by atoms with Gasteiger partial charge in [-0.15, -0.1) is 0 Å². The van der Waals surface area contributed by atoms with E-state index in [1.54, 1.807) is 11.0 Å². The van der Waals surface area contributed by atoms with Crippen LogP contribution in [0.3, 0.4) is 0 Å². The summed E-state index contributed by atoms with van der Waals surface area (Å²) in [4.78, 5) is 26.0. The van der Waals surface area contributed by atoms with Crippen LogP contribution in [-0.2, 0) is 9.53 Å². The number of halogens is 1. The number of ether oxygens (including phenoxy) is 1. The summed E-state index contributed by atoms with van der Waals surface area (Å²) in [6, 6.07) is 5.51. The maximum absolute atomic E-state index is 12.5. The van der Waals surface area contributed by atoms with E-state index < -0.39 is 6.23 Å². The molecule has 5 heteroatoms. The Kier molecular flexibility index (Phi) is 5.04. The maximum Gasteiger partial charge on any atom is 0.307 e. The zero-order valence-electron chi connectivity index (χ0n) is 12.6. The molecule has 0 bridgehead atoms. The van der Waals surface area contributed by atoms with Crippen molar-refractivity contribution in [3.05, 3.63) is 33.8 Å². The van der Waals surface area contributed by atoms with Crippen molar-refractivity contribution >= 4 is 27.8 Å². The van der Waals surface area contributed by atoms with Gasteiger partial charge in [-0.1, -0.05) is 42.8 Å². The lowest BCUT2D eigenvalue weighted by Gasteiger charge is -2.26. The lowest BCUT2D eigenvalue weighted by molar-refractivity contribution is -0.157. The summed E-state index contributed by atoms with van der Waals surface area (Å²) in [5.74, 6) is -0.0341. The lowest BCUT2D eigenvalue weighted by atomic mass is 10.1. The van der Waals surface area contributed by atoms with E-state index in [2.05, 4.69) is 15.9 Å². The molecule has 0 radical (unpaired) electrons. The topological polar surface area (TPSA) is 46.6 Å².